The molecule has 5 rings (SSSR count). The molecule has 11 heteroatoms. The smallest absolute Gasteiger partial charge is 0.223 e. The maximum atomic E-state index is 11.4. The van der Waals surface area contributed by atoms with Gasteiger partial charge in [0.15, 0.2) is 5.13 Å². The van der Waals surface area contributed by atoms with E-state index in [1.54, 1.807) is 6.07 Å². The van der Waals surface area contributed by atoms with Gasteiger partial charge in [-0.1, -0.05) is 35.6 Å². The fraction of sp³-hybridized carbons (Fsp3) is 0.214. The number of hydrogen-bond acceptors (Lipinski definition) is 10. The van der Waals surface area contributed by atoms with Crippen molar-refractivity contribution in [2.75, 3.05) is 16.4 Å². The number of rotatable bonds is 8. The first-order valence-electron chi connectivity index (χ1n) is 12.4. The molecule has 0 fully saturated rings. The van der Waals surface area contributed by atoms with Gasteiger partial charge in [0.05, 0.1) is 39.8 Å². The van der Waals surface area contributed by atoms with Crippen LogP contribution in [0.25, 0.3) is 21.0 Å². The summed E-state index contributed by atoms with van der Waals surface area (Å²) in [6.45, 7) is 7.77. The topological polar surface area (TPSA) is 152 Å². The number of aromatic nitrogens is 4. The van der Waals surface area contributed by atoms with Crippen LogP contribution >= 0.6 is 11.3 Å². The lowest BCUT2D eigenvalue weighted by Crippen LogP contribution is -2.14. The third-order valence-electron chi connectivity index (χ3n) is 5.96. The third-order valence-corrected chi connectivity index (χ3v) is 6.89. The molecule has 1 amide bonds. The minimum Gasteiger partial charge on any atom is -0.474 e. The fourth-order valence-electron chi connectivity index (χ4n) is 4.28. The van der Waals surface area contributed by atoms with Crippen molar-refractivity contribution in [1.82, 2.24) is 19.9 Å². The monoisotopic (exact) mass is 540 g/mol. The maximum Gasteiger partial charge on any atom is 0.223 e. The average molecular weight is 541 g/mol. The number of thiazole rings is 1. The number of nitrogens with one attached hydrogen (secondary N) is 3. The van der Waals surface area contributed by atoms with Crippen LogP contribution in [0.2, 0.25) is 0 Å². The van der Waals surface area contributed by atoms with Crippen LogP contribution in [0.3, 0.4) is 0 Å². The first-order chi connectivity index (χ1) is 18.7. The Kier molecular flexibility index (Phi) is 7.07. The van der Waals surface area contributed by atoms with Crippen LogP contribution in [0, 0.1) is 12.3 Å². The highest BCUT2D eigenvalue weighted by Crippen LogP contribution is 2.31. The number of benzene rings is 2. The van der Waals surface area contributed by atoms with E-state index in [4.69, 9.17) is 20.9 Å². The molecule has 2 aromatic carbocycles. The van der Waals surface area contributed by atoms with E-state index in [9.17, 15) is 4.79 Å². The van der Waals surface area contributed by atoms with Crippen LogP contribution in [-0.4, -0.2) is 37.7 Å². The number of fused-ring (bicyclic) bond motifs is 2. The van der Waals surface area contributed by atoms with Crippen molar-refractivity contribution >= 4 is 60.7 Å². The average Bonchev–Trinajstić information content (AvgIpc) is 3.27. The van der Waals surface area contributed by atoms with E-state index in [-0.39, 0.29) is 23.5 Å². The highest BCUT2D eigenvalue weighted by Gasteiger charge is 2.18. The first-order valence-corrected chi connectivity index (χ1v) is 13.2. The van der Waals surface area contributed by atoms with Gasteiger partial charge in [-0.05, 0) is 49.9 Å². The Morgan fingerprint density at radius 2 is 1.97 bits per heavy atom. The first kappa shape index (κ1) is 26.0. The Morgan fingerprint density at radius 3 is 2.74 bits per heavy atom. The summed E-state index contributed by atoms with van der Waals surface area (Å²) in [5, 5.41) is 17.5. The molecule has 198 valence electrons. The highest BCUT2D eigenvalue weighted by atomic mass is 32.1. The standard InChI is InChI=1S/C28H28N8O2S/c1-14(2)38-27-22-15(3)6-5-7-17(22)10-19(35-27)12-31-26-23(25(30)32-13-33-26)24(29)18-8-9-20-21(11-18)39-28(36-20)34-16(4)37/h5-11,13-14,29H,12H2,1-4H3,(H,34,36,37)(H3,30,31,32,33). The minimum atomic E-state index is -0.189. The number of hydrogen-bond donors (Lipinski definition) is 4. The zero-order valence-corrected chi connectivity index (χ0v) is 22.8. The van der Waals surface area contributed by atoms with Crippen molar-refractivity contribution in [3.63, 3.8) is 0 Å². The van der Waals surface area contributed by atoms with Crippen molar-refractivity contribution < 1.29 is 9.53 Å². The summed E-state index contributed by atoms with van der Waals surface area (Å²) in [7, 11) is 0. The molecule has 3 aromatic heterocycles. The number of aryl methyl sites for hydroxylation is 1. The Balaban J connectivity index is 1.45. The second-order valence-corrected chi connectivity index (χ2v) is 10.4. The Labute approximate surface area is 229 Å². The summed E-state index contributed by atoms with van der Waals surface area (Å²) in [5.74, 6) is 1.01. The largest absolute Gasteiger partial charge is 0.474 e. The van der Waals surface area contributed by atoms with Gasteiger partial charge in [-0.2, -0.15) is 0 Å². The summed E-state index contributed by atoms with van der Waals surface area (Å²) >= 11 is 1.34. The Morgan fingerprint density at radius 1 is 1.15 bits per heavy atom. The van der Waals surface area contributed by atoms with Crippen LogP contribution < -0.4 is 21.1 Å². The predicted octanol–water partition coefficient (Wildman–Crippen LogP) is 5.30. The molecule has 0 radical (unpaired) electrons. The molecule has 39 heavy (non-hydrogen) atoms. The van der Waals surface area contributed by atoms with Crippen molar-refractivity contribution in [3.05, 3.63) is 71.2 Å². The number of carbonyl (C=O) groups excluding carboxylic acids is 1. The molecule has 0 saturated heterocycles. The molecule has 10 nitrogen and oxygen atoms in total. The van der Waals surface area contributed by atoms with Crippen molar-refractivity contribution in [2.24, 2.45) is 0 Å². The molecule has 0 aliphatic carbocycles. The number of carbonyl (C=O) groups is 1. The predicted molar refractivity (Wildman–Crippen MR) is 156 cm³/mol. The minimum absolute atomic E-state index is 0.0255. The van der Waals surface area contributed by atoms with Crippen LogP contribution in [-0.2, 0) is 11.3 Å². The number of pyridine rings is 1. The molecule has 0 unspecified atom stereocenters. The SMILES string of the molecule is CC(=O)Nc1nc2ccc(C(=N)c3c(N)ncnc3NCc3cc4cccc(C)c4c(OC(C)C)n3)cc2s1. The zero-order chi connectivity index (χ0) is 27.7. The number of nitrogens with zero attached hydrogens (tertiary/aromatic N) is 4. The molecule has 5 N–H and O–H groups in total. The fourth-order valence-corrected chi connectivity index (χ4v) is 5.23. The van der Waals surface area contributed by atoms with Crippen LogP contribution in [0.4, 0.5) is 16.8 Å². The number of nitrogens with two attached hydrogens (primary N) is 1. The second-order valence-electron chi connectivity index (χ2n) is 9.35. The van der Waals surface area contributed by atoms with E-state index >= 15 is 0 Å². The van der Waals surface area contributed by atoms with E-state index in [1.165, 1.54) is 24.6 Å². The molecule has 0 saturated carbocycles. The van der Waals surface area contributed by atoms with Gasteiger partial charge in [-0.25, -0.2) is 19.9 Å². The molecule has 0 aliphatic heterocycles. The number of anilines is 3. The summed E-state index contributed by atoms with van der Waals surface area (Å²) in [6, 6.07) is 13.6. The van der Waals surface area contributed by atoms with E-state index in [1.807, 2.05) is 57.2 Å². The van der Waals surface area contributed by atoms with E-state index in [2.05, 4.69) is 25.6 Å². The van der Waals surface area contributed by atoms with E-state index in [0.717, 1.165) is 32.2 Å². The van der Waals surface area contributed by atoms with Crippen LogP contribution in [0.1, 0.15) is 43.2 Å². The Hall–Kier alpha value is -4.64. The number of amides is 1. The van der Waals surface area contributed by atoms with Crippen molar-refractivity contribution in [1.29, 1.82) is 5.41 Å². The van der Waals surface area contributed by atoms with Gasteiger partial charge in [0.25, 0.3) is 0 Å². The Bertz CT molecular complexity index is 1730. The lowest BCUT2D eigenvalue weighted by Gasteiger charge is -2.16. The van der Waals surface area contributed by atoms with Gasteiger partial charge < -0.3 is 21.1 Å². The molecule has 0 atom stereocenters. The van der Waals surface area contributed by atoms with E-state index in [0.29, 0.717) is 34.5 Å². The molecule has 5 aromatic rings. The molecular weight excluding hydrogens is 512 g/mol. The maximum absolute atomic E-state index is 11.4. The molecule has 3 heterocycles. The van der Waals surface area contributed by atoms with Gasteiger partial charge in [0, 0.05) is 17.9 Å². The van der Waals surface area contributed by atoms with Crippen molar-refractivity contribution in [2.45, 2.75) is 40.3 Å². The van der Waals surface area contributed by atoms with Gasteiger partial charge in [-0.3, -0.25) is 10.2 Å². The van der Waals surface area contributed by atoms with Gasteiger partial charge in [0.1, 0.15) is 18.0 Å². The molecule has 0 aliphatic rings. The molecule has 0 spiro atoms. The van der Waals surface area contributed by atoms with E-state index < -0.39 is 0 Å². The van der Waals surface area contributed by atoms with Crippen LogP contribution in [0.5, 0.6) is 5.88 Å². The van der Waals surface area contributed by atoms with Crippen molar-refractivity contribution in [3.8, 4) is 5.88 Å². The lowest BCUT2D eigenvalue weighted by atomic mass is 10.0. The third kappa shape index (κ3) is 5.48. The summed E-state index contributed by atoms with van der Waals surface area (Å²) in [6.07, 6.45) is 1.34. The van der Waals surface area contributed by atoms with Crippen LogP contribution in [0.15, 0.2) is 48.8 Å². The summed E-state index contributed by atoms with van der Waals surface area (Å²) in [5.41, 5.74) is 10.0. The van der Waals surface area contributed by atoms with Gasteiger partial charge in [-0.15, -0.1) is 0 Å². The normalized spacial score (nSPS) is 11.2. The summed E-state index contributed by atoms with van der Waals surface area (Å²) < 4.78 is 6.88. The number of nitrogen functional groups attached to an aromatic ring is 1. The molecular formula is C28H28N8O2S. The lowest BCUT2D eigenvalue weighted by molar-refractivity contribution is -0.114. The zero-order valence-electron chi connectivity index (χ0n) is 22.0. The van der Waals surface area contributed by atoms with Gasteiger partial charge >= 0.3 is 0 Å². The summed E-state index contributed by atoms with van der Waals surface area (Å²) in [4.78, 5) is 29.1. The second kappa shape index (κ2) is 10.6. The quantitative estimate of drug-likeness (QED) is 0.194. The van der Waals surface area contributed by atoms with Gasteiger partial charge in [0.2, 0.25) is 11.8 Å². The molecule has 0 bridgehead atoms. The number of ether oxygens (including phenoxy) is 1. The highest BCUT2D eigenvalue weighted by molar-refractivity contribution is 7.22.